The van der Waals surface area contributed by atoms with E-state index in [1.807, 2.05) is 0 Å². The molecule has 19 heavy (non-hydrogen) atoms. The second-order valence-corrected chi connectivity index (χ2v) is 11.6. The number of hydrogen-bond donors (Lipinski definition) is 0. The lowest BCUT2D eigenvalue weighted by atomic mass is 10.0. The van der Waals surface area contributed by atoms with Gasteiger partial charge in [0, 0.05) is 16.8 Å². The highest BCUT2D eigenvalue weighted by molar-refractivity contribution is 6.88. The number of aromatic nitrogens is 1. The van der Waals surface area contributed by atoms with E-state index in [-0.39, 0.29) is 0 Å². The zero-order valence-corrected chi connectivity index (χ0v) is 13.9. The van der Waals surface area contributed by atoms with E-state index in [2.05, 4.69) is 81.6 Å². The molecule has 0 radical (unpaired) electrons. The van der Waals surface area contributed by atoms with Crippen LogP contribution in [0.3, 0.4) is 0 Å². The largest absolute Gasteiger partial charge is 0.212 e. The third-order valence-corrected chi connectivity index (χ3v) is 5.69. The van der Waals surface area contributed by atoms with E-state index in [1.165, 1.54) is 27.6 Å². The van der Waals surface area contributed by atoms with E-state index in [4.69, 9.17) is 0 Å². The molecule has 0 atom stereocenters. The predicted molar refractivity (Wildman–Crippen MR) is 85.5 cm³/mol. The van der Waals surface area contributed by atoms with Gasteiger partial charge in [0.2, 0.25) is 5.69 Å². The van der Waals surface area contributed by atoms with Gasteiger partial charge >= 0.3 is 0 Å². The molecule has 0 saturated carbocycles. The topological polar surface area (TPSA) is 3.88 Å². The summed E-state index contributed by atoms with van der Waals surface area (Å²) in [6.07, 6.45) is 2.31. The van der Waals surface area contributed by atoms with Gasteiger partial charge in [0.05, 0.1) is 8.07 Å². The maximum absolute atomic E-state index is 2.39. The smallest absolute Gasteiger partial charge is 0.201 e. The van der Waals surface area contributed by atoms with Crippen molar-refractivity contribution >= 4 is 13.3 Å². The molecule has 2 rings (SSSR count). The van der Waals surface area contributed by atoms with Gasteiger partial charge in [0.25, 0.3) is 0 Å². The molecule has 2 aromatic rings. The van der Waals surface area contributed by atoms with Gasteiger partial charge in [-0.15, -0.1) is 0 Å². The van der Waals surface area contributed by atoms with Crippen molar-refractivity contribution < 1.29 is 4.57 Å². The summed E-state index contributed by atoms with van der Waals surface area (Å²) in [6, 6.07) is 11.2. The Bertz CT molecular complexity index is 609. The first-order chi connectivity index (χ1) is 8.79. The van der Waals surface area contributed by atoms with Crippen LogP contribution in [0, 0.1) is 13.8 Å². The molecule has 0 fully saturated rings. The molecule has 0 unspecified atom stereocenters. The van der Waals surface area contributed by atoms with Crippen LogP contribution in [0.4, 0.5) is 0 Å². The number of rotatable bonds is 2. The van der Waals surface area contributed by atoms with Crippen LogP contribution in [-0.2, 0) is 7.05 Å². The van der Waals surface area contributed by atoms with Crippen molar-refractivity contribution in [1.82, 2.24) is 0 Å². The normalized spacial score (nSPS) is 11.7. The van der Waals surface area contributed by atoms with Gasteiger partial charge in [-0.2, -0.15) is 0 Å². The Balaban J connectivity index is 2.52. The molecule has 2 heteroatoms. The van der Waals surface area contributed by atoms with Crippen LogP contribution >= 0.6 is 0 Å². The fourth-order valence-electron chi connectivity index (χ4n) is 2.43. The molecule has 1 aromatic carbocycles. The highest BCUT2D eigenvalue weighted by Gasteiger charge is 2.21. The molecular weight excluding hydrogens is 246 g/mol. The van der Waals surface area contributed by atoms with E-state index in [1.54, 1.807) is 0 Å². The summed E-state index contributed by atoms with van der Waals surface area (Å²) in [5, 5.41) is 1.50. The molecule has 0 amide bonds. The Morgan fingerprint density at radius 2 is 1.63 bits per heavy atom. The Labute approximate surface area is 117 Å². The fourth-order valence-corrected chi connectivity index (χ4v) is 3.60. The second-order valence-electron chi connectivity index (χ2n) is 6.48. The molecule has 0 bridgehead atoms. The summed E-state index contributed by atoms with van der Waals surface area (Å²) in [5.41, 5.74) is 5.29. The van der Waals surface area contributed by atoms with Gasteiger partial charge in [-0.1, -0.05) is 43.4 Å². The predicted octanol–water partition coefficient (Wildman–Crippen LogP) is 3.34. The minimum atomic E-state index is -1.23. The van der Waals surface area contributed by atoms with E-state index >= 15 is 0 Å². The van der Waals surface area contributed by atoms with Gasteiger partial charge < -0.3 is 0 Å². The number of nitrogens with zero attached hydrogens (tertiary/aromatic N) is 1. The Morgan fingerprint density at radius 3 is 2.16 bits per heavy atom. The summed E-state index contributed by atoms with van der Waals surface area (Å²) in [7, 11) is 0.919. The Hall–Kier alpha value is -1.41. The summed E-state index contributed by atoms with van der Waals surface area (Å²) in [4.78, 5) is 0. The van der Waals surface area contributed by atoms with E-state index in [0.29, 0.717) is 0 Å². The van der Waals surface area contributed by atoms with Crippen molar-refractivity contribution in [2.45, 2.75) is 33.5 Å². The van der Waals surface area contributed by atoms with Crippen molar-refractivity contribution in [3.63, 3.8) is 0 Å². The SMILES string of the molecule is Cc1ccc(-c2ccc([Si](C)(C)C)c[n+]2C)c(C)c1. The zero-order chi connectivity index (χ0) is 14.2. The summed E-state index contributed by atoms with van der Waals surface area (Å²) >= 11 is 0. The average molecular weight is 270 g/mol. The first kappa shape index (κ1) is 14.0. The maximum atomic E-state index is 2.39. The molecule has 0 aliphatic carbocycles. The molecule has 0 aliphatic heterocycles. The quantitative estimate of drug-likeness (QED) is 0.582. The standard InChI is InChI=1S/C17H24NSi/c1-13-7-9-16(14(2)11-13)17-10-8-15(12-18(17)3)19(4,5)6/h7-12H,1-6H3/q+1. The van der Waals surface area contributed by atoms with E-state index in [0.717, 1.165) is 0 Å². The summed E-state index contributed by atoms with van der Waals surface area (Å²) in [6.45, 7) is 11.5. The van der Waals surface area contributed by atoms with Crippen LogP contribution in [0.1, 0.15) is 11.1 Å². The van der Waals surface area contributed by atoms with Gasteiger partial charge in [-0.25, -0.2) is 4.57 Å². The van der Waals surface area contributed by atoms with Crippen LogP contribution in [-0.4, -0.2) is 8.07 Å². The van der Waals surface area contributed by atoms with Crippen LogP contribution in [0.15, 0.2) is 36.5 Å². The van der Waals surface area contributed by atoms with Crippen molar-refractivity contribution in [1.29, 1.82) is 0 Å². The van der Waals surface area contributed by atoms with Crippen LogP contribution < -0.4 is 9.75 Å². The molecule has 0 spiro atoms. The molecule has 1 heterocycles. The van der Waals surface area contributed by atoms with Crippen molar-refractivity contribution in [3.8, 4) is 11.3 Å². The lowest BCUT2D eigenvalue weighted by molar-refractivity contribution is -0.659. The first-order valence-electron chi connectivity index (χ1n) is 6.87. The highest BCUT2D eigenvalue weighted by Crippen LogP contribution is 2.20. The number of hydrogen-bond acceptors (Lipinski definition) is 0. The molecule has 100 valence electrons. The third-order valence-electron chi connectivity index (χ3n) is 3.66. The minimum Gasteiger partial charge on any atom is -0.201 e. The van der Waals surface area contributed by atoms with Crippen LogP contribution in [0.2, 0.25) is 19.6 Å². The summed E-state index contributed by atoms with van der Waals surface area (Å²) in [5.74, 6) is 0. The van der Waals surface area contributed by atoms with Crippen molar-refractivity contribution in [2.75, 3.05) is 0 Å². The lowest BCUT2D eigenvalue weighted by Gasteiger charge is -2.15. The molecule has 1 nitrogen and oxygen atoms in total. The summed E-state index contributed by atoms with van der Waals surface area (Å²) < 4.78 is 2.27. The third kappa shape index (κ3) is 2.95. The van der Waals surface area contributed by atoms with E-state index < -0.39 is 8.07 Å². The molecule has 1 aromatic heterocycles. The van der Waals surface area contributed by atoms with Crippen LogP contribution in [0.25, 0.3) is 11.3 Å². The monoisotopic (exact) mass is 270 g/mol. The molecule has 0 aliphatic rings. The molecule has 0 saturated heterocycles. The molecular formula is C17H24NSi+. The van der Waals surface area contributed by atoms with Crippen molar-refractivity contribution in [2.24, 2.45) is 7.05 Å². The zero-order valence-electron chi connectivity index (χ0n) is 12.9. The minimum absolute atomic E-state index is 1.23. The van der Waals surface area contributed by atoms with Gasteiger partial charge in [0.15, 0.2) is 6.20 Å². The lowest BCUT2D eigenvalue weighted by Crippen LogP contribution is -2.44. The highest BCUT2D eigenvalue weighted by atomic mass is 28.3. The average Bonchev–Trinajstić information content (AvgIpc) is 2.28. The number of benzene rings is 1. The second kappa shape index (κ2) is 4.93. The Kier molecular flexibility index (Phi) is 3.63. The van der Waals surface area contributed by atoms with Gasteiger partial charge in [-0.3, -0.25) is 0 Å². The van der Waals surface area contributed by atoms with Crippen LogP contribution in [0.5, 0.6) is 0 Å². The number of aryl methyl sites for hydroxylation is 3. The Morgan fingerprint density at radius 1 is 0.947 bits per heavy atom. The first-order valence-corrected chi connectivity index (χ1v) is 10.4. The van der Waals surface area contributed by atoms with E-state index in [9.17, 15) is 0 Å². The molecule has 0 N–H and O–H groups in total. The number of pyridine rings is 1. The fraction of sp³-hybridized carbons (Fsp3) is 0.353. The van der Waals surface area contributed by atoms with Gasteiger partial charge in [0.1, 0.15) is 7.05 Å². The van der Waals surface area contributed by atoms with Crippen molar-refractivity contribution in [3.05, 3.63) is 47.7 Å². The van der Waals surface area contributed by atoms with Gasteiger partial charge in [-0.05, 0) is 25.5 Å². The maximum Gasteiger partial charge on any atom is 0.212 e.